The van der Waals surface area contributed by atoms with Crippen LogP contribution in [-0.4, -0.2) is 38.6 Å². The quantitative estimate of drug-likeness (QED) is 0.446. The van der Waals surface area contributed by atoms with Gasteiger partial charge in [0.1, 0.15) is 5.69 Å². The highest BCUT2D eigenvalue weighted by atomic mass is 32.2. The zero-order chi connectivity index (χ0) is 12.0. The van der Waals surface area contributed by atoms with Crippen LogP contribution in [0.2, 0.25) is 0 Å². The maximum atomic E-state index is 11.5. The molecule has 0 saturated carbocycles. The van der Waals surface area contributed by atoms with Crippen LogP contribution in [0.15, 0.2) is 12.4 Å². The Morgan fingerprint density at radius 3 is 2.94 bits per heavy atom. The summed E-state index contributed by atoms with van der Waals surface area (Å²) in [6.07, 6.45) is 4.31. The largest absolute Gasteiger partial charge is 0.350 e. The average molecular weight is 243 g/mol. The number of nitrogens with one attached hydrogen (secondary N) is 2. The second-order valence-electron chi connectivity index (χ2n) is 2.97. The highest BCUT2D eigenvalue weighted by Crippen LogP contribution is 1.99. The molecule has 4 N–H and O–H groups in total. The normalized spacial score (nSPS) is 11.9. The molecule has 16 heavy (non-hydrogen) atoms. The first kappa shape index (κ1) is 12.5. The fourth-order valence-corrected chi connectivity index (χ4v) is 1.33. The molecule has 1 unspecified atom stereocenters. The molecule has 1 amide bonds. The van der Waals surface area contributed by atoms with Gasteiger partial charge in [-0.1, -0.05) is 0 Å². The van der Waals surface area contributed by atoms with Crippen LogP contribution < -0.4 is 16.6 Å². The lowest BCUT2D eigenvalue weighted by Crippen LogP contribution is -2.28. The van der Waals surface area contributed by atoms with Gasteiger partial charge in [-0.05, 0) is 0 Å². The molecule has 0 fully saturated rings. The van der Waals surface area contributed by atoms with Gasteiger partial charge in [0.25, 0.3) is 5.91 Å². The highest BCUT2D eigenvalue weighted by molar-refractivity contribution is 7.84. The van der Waals surface area contributed by atoms with E-state index < -0.39 is 10.8 Å². The predicted octanol–water partition coefficient (Wildman–Crippen LogP) is -1.13. The van der Waals surface area contributed by atoms with E-state index in [1.54, 1.807) is 6.26 Å². The molecule has 88 valence electrons. The van der Waals surface area contributed by atoms with Crippen molar-refractivity contribution in [1.29, 1.82) is 0 Å². The van der Waals surface area contributed by atoms with E-state index >= 15 is 0 Å². The van der Waals surface area contributed by atoms with E-state index in [2.05, 4.69) is 20.7 Å². The average Bonchev–Trinajstić information content (AvgIpc) is 2.28. The molecule has 0 spiro atoms. The number of nitrogens with zero attached hydrogens (tertiary/aromatic N) is 2. The number of nitrogens with two attached hydrogens (primary N) is 1. The number of amides is 1. The molecule has 1 heterocycles. The summed E-state index contributed by atoms with van der Waals surface area (Å²) in [4.78, 5) is 19.2. The number of aromatic nitrogens is 2. The molecule has 1 aromatic rings. The van der Waals surface area contributed by atoms with Crippen LogP contribution in [0, 0.1) is 0 Å². The monoisotopic (exact) mass is 243 g/mol. The molecule has 8 heteroatoms. The lowest BCUT2D eigenvalue weighted by molar-refractivity contribution is 0.0951. The molecular weight excluding hydrogens is 230 g/mol. The molecule has 1 rings (SSSR count). The topological polar surface area (TPSA) is 110 Å². The SMILES string of the molecule is CS(=O)CCNC(=O)c1cncc(NN)n1. The molecule has 0 saturated heterocycles. The van der Waals surface area contributed by atoms with Gasteiger partial charge in [0.15, 0.2) is 5.82 Å². The van der Waals surface area contributed by atoms with Gasteiger partial charge in [-0.2, -0.15) is 0 Å². The van der Waals surface area contributed by atoms with Crippen molar-refractivity contribution < 1.29 is 9.00 Å². The second kappa shape index (κ2) is 6.13. The van der Waals surface area contributed by atoms with Crippen molar-refractivity contribution in [3.05, 3.63) is 18.1 Å². The Kier molecular flexibility index (Phi) is 4.80. The number of rotatable bonds is 5. The Morgan fingerprint density at radius 2 is 2.31 bits per heavy atom. The molecule has 0 bridgehead atoms. The minimum absolute atomic E-state index is 0.164. The number of carbonyl (C=O) groups excluding carboxylic acids is 1. The fraction of sp³-hybridized carbons (Fsp3) is 0.375. The van der Waals surface area contributed by atoms with Gasteiger partial charge in [-0.25, -0.2) is 10.8 Å². The third kappa shape index (κ3) is 3.91. The molecule has 0 aromatic carbocycles. The number of carbonyl (C=O) groups is 1. The van der Waals surface area contributed by atoms with Crippen molar-refractivity contribution >= 4 is 22.5 Å². The van der Waals surface area contributed by atoms with Crippen LogP contribution in [0.4, 0.5) is 5.82 Å². The molecule has 7 nitrogen and oxygen atoms in total. The van der Waals surface area contributed by atoms with Crippen LogP contribution in [0.3, 0.4) is 0 Å². The van der Waals surface area contributed by atoms with E-state index in [-0.39, 0.29) is 11.6 Å². The van der Waals surface area contributed by atoms with Gasteiger partial charge in [0, 0.05) is 29.4 Å². The van der Waals surface area contributed by atoms with E-state index in [4.69, 9.17) is 5.84 Å². The first-order valence-corrected chi connectivity index (χ1v) is 6.23. The van der Waals surface area contributed by atoms with Crippen LogP contribution in [0.25, 0.3) is 0 Å². The lowest BCUT2D eigenvalue weighted by Gasteiger charge is -2.04. The van der Waals surface area contributed by atoms with Gasteiger partial charge in [0.2, 0.25) is 0 Å². The van der Waals surface area contributed by atoms with Gasteiger partial charge < -0.3 is 10.7 Å². The summed E-state index contributed by atoms with van der Waals surface area (Å²) in [7, 11) is -0.927. The molecule has 1 atom stereocenters. The minimum atomic E-state index is -0.927. The van der Waals surface area contributed by atoms with Crippen LogP contribution in [0.1, 0.15) is 10.5 Å². The number of nitrogen functional groups attached to an aromatic ring is 1. The molecule has 0 aliphatic rings. The summed E-state index contributed by atoms with van der Waals surface area (Å²) in [5, 5.41) is 2.58. The number of anilines is 1. The number of hydrogen-bond acceptors (Lipinski definition) is 6. The first-order chi connectivity index (χ1) is 7.63. The Labute approximate surface area is 95.3 Å². The van der Waals surface area contributed by atoms with Crippen molar-refractivity contribution in [3.8, 4) is 0 Å². The Bertz CT molecular complexity index is 398. The Balaban J connectivity index is 2.55. The standard InChI is InChI=1S/C8H13N5O2S/c1-16(15)3-2-11-8(14)6-4-10-5-7(12-6)13-9/h4-5H,2-3,9H2,1H3,(H,11,14)(H,12,13). The predicted molar refractivity (Wildman–Crippen MR) is 61.1 cm³/mol. The highest BCUT2D eigenvalue weighted by Gasteiger charge is 2.07. The third-order valence-corrected chi connectivity index (χ3v) is 2.47. The lowest BCUT2D eigenvalue weighted by atomic mass is 10.4. The zero-order valence-electron chi connectivity index (χ0n) is 8.77. The van der Waals surface area contributed by atoms with E-state index in [1.807, 2.05) is 0 Å². The molecule has 1 aromatic heterocycles. The Morgan fingerprint density at radius 1 is 1.56 bits per heavy atom. The van der Waals surface area contributed by atoms with Crippen molar-refractivity contribution in [1.82, 2.24) is 15.3 Å². The maximum absolute atomic E-state index is 11.5. The summed E-state index contributed by atoms with van der Waals surface area (Å²) in [5.74, 6) is 5.49. The van der Waals surface area contributed by atoms with Gasteiger partial charge in [0.05, 0.1) is 12.4 Å². The van der Waals surface area contributed by atoms with Crippen molar-refractivity contribution in [2.24, 2.45) is 5.84 Å². The summed E-state index contributed by atoms with van der Waals surface area (Å²) in [5.41, 5.74) is 2.46. The number of hydrogen-bond donors (Lipinski definition) is 3. The van der Waals surface area contributed by atoms with E-state index in [0.29, 0.717) is 18.1 Å². The molecular formula is C8H13N5O2S. The van der Waals surface area contributed by atoms with Crippen LogP contribution in [0.5, 0.6) is 0 Å². The Hall–Kier alpha value is -1.54. The van der Waals surface area contributed by atoms with Gasteiger partial charge >= 0.3 is 0 Å². The van der Waals surface area contributed by atoms with Gasteiger partial charge in [-0.3, -0.25) is 14.0 Å². The van der Waals surface area contributed by atoms with Gasteiger partial charge in [-0.15, -0.1) is 0 Å². The van der Waals surface area contributed by atoms with Crippen LogP contribution in [-0.2, 0) is 10.8 Å². The summed E-state index contributed by atoms with van der Waals surface area (Å²) in [6, 6.07) is 0. The summed E-state index contributed by atoms with van der Waals surface area (Å²) in [6.45, 7) is 0.337. The summed E-state index contributed by atoms with van der Waals surface area (Å²) < 4.78 is 10.8. The molecule has 0 aliphatic heterocycles. The van der Waals surface area contributed by atoms with Crippen molar-refractivity contribution in [2.75, 3.05) is 24.0 Å². The third-order valence-electron chi connectivity index (χ3n) is 1.69. The zero-order valence-corrected chi connectivity index (χ0v) is 9.58. The molecule has 0 aliphatic carbocycles. The second-order valence-corrected chi connectivity index (χ2v) is 4.52. The van der Waals surface area contributed by atoms with E-state index in [1.165, 1.54) is 12.4 Å². The van der Waals surface area contributed by atoms with Crippen molar-refractivity contribution in [3.63, 3.8) is 0 Å². The van der Waals surface area contributed by atoms with Crippen molar-refractivity contribution in [2.45, 2.75) is 0 Å². The fourth-order valence-electron chi connectivity index (χ4n) is 0.944. The molecule has 0 radical (unpaired) electrons. The van der Waals surface area contributed by atoms with Crippen LogP contribution >= 0.6 is 0 Å². The number of hydrazine groups is 1. The van der Waals surface area contributed by atoms with E-state index in [0.717, 1.165) is 0 Å². The first-order valence-electron chi connectivity index (χ1n) is 4.50. The van der Waals surface area contributed by atoms with E-state index in [9.17, 15) is 9.00 Å². The summed E-state index contributed by atoms with van der Waals surface area (Å²) >= 11 is 0. The smallest absolute Gasteiger partial charge is 0.271 e. The maximum Gasteiger partial charge on any atom is 0.271 e. The minimum Gasteiger partial charge on any atom is -0.350 e.